The number of phosphoric ester groups is 1. The van der Waals surface area contributed by atoms with E-state index in [9.17, 15) is 9.36 Å². The average Bonchev–Trinajstić information content (AvgIpc) is 2.66. The molecule has 1 unspecified atom stereocenters. The third-order valence-electron chi connectivity index (χ3n) is 3.35. The Hall–Kier alpha value is -1.72. The van der Waals surface area contributed by atoms with Gasteiger partial charge in [0.1, 0.15) is 0 Å². The van der Waals surface area contributed by atoms with E-state index in [1.807, 2.05) is 62.4 Å². The van der Waals surface area contributed by atoms with Crippen molar-refractivity contribution in [1.82, 2.24) is 0 Å². The Bertz CT molecular complexity index is 654. The number of ether oxygens (including phenoxy) is 1. The van der Waals surface area contributed by atoms with Crippen LogP contribution >= 0.6 is 7.82 Å². The van der Waals surface area contributed by atoms with E-state index < -0.39 is 7.82 Å². The molecule has 0 saturated carbocycles. The number of rotatable bonds is 13. The van der Waals surface area contributed by atoms with Gasteiger partial charge in [0.2, 0.25) is 0 Å². The first-order valence-electron chi connectivity index (χ1n) is 8.94. The van der Waals surface area contributed by atoms with Gasteiger partial charge < -0.3 is 4.74 Å². The molecule has 150 valence electrons. The van der Waals surface area contributed by atoms with Gasteiger partial charge in [-0.25, -0.2) is 4.57 Å². The molecule has 27 heavy (non-hydrogen) atoms. The smallest absolute Gasteiger partial charge is 0.466 e. The second-order valence-corrected chi connectivity index (χ2v) is 7.57. The highest BCUT2D eigenvalue weighted by molar-refractivity contribution is 7.48. The van der Waals surface area contributed by atoms with Gasteiger partial charge in [0.25, 0.3) is 0 Å². The van der Waals surface area contributed by atoms with Crippen LogP contribution in [-0.2, 0) is 34.3 Å². The summed E-state index contributed by atoms with van der Waals surface area (Å²) in [5.41, 5.74) is 1.77. The summed E-state index contributed by atoms with van der Waals surface area (Å²) in [5.74, 6) is -0.320. The van der Waals surface area contributed by atoms with Crippen molar-refractivity contribution in [2.45, 2.75) is 40.2 Å². The summed E-state index contributed by atoms with van der Waals surface area (Å²) in [6, 6.07) is 9.41. The van der Waals surface area contributed by atoms with E-state index in [2.05, 4.69) is 0 Å². The number of allylic oxidation sites excluding steroid dienone is 3. The van der Waals surface area contributed by atoms with Gasteiger partial charge in [0.05, 0.1) is 26.4 Å². The molecule has 1 aromatic rings. The number of unbranched alkanes of at least 4 members (excludes halogenated alkanes) is 1. The maximum atomic E-state index is 12.9. The molecule has 1 aromatic carbocycles. The molecule has 0 aliphatic rings. The summed E-state index contributed by atoms with van der Waals surface area (Å²) in [4.78, 5) is 10.7. The van der Waals surface area contributed by atoms with E-state index in [1.165, 1.54) is 6.92 Å². The van der Waals surface area contributed by atoms with Crippen LogP contribution in [0.5, 0.6) is 0 Å². The quantitative estimate of drug-likeness (QED) is 0.197. The molecule has 0 aliphatic heterocycles. The van der Waals surface area contributed by atoms with Crippen molar-refractivity contribution in [3.63, 3.8) is 0 Å². The van der Waals surface area contributed by atoms with E-state index in [0.717, 1.165) is 11.1 Å². The topological polar surface area (TPSA) is 71.1 Å². The van der Waals surface area contributed by atoms with Gasteiger partial charge in [0, 0.05) is 6.92 Å². The molecule has 0 fully saturated rings. The maximum Gasteiger partial charge on any atom is 0.475 e. The minimum atomic E-state index is -3.71. The first-order chi connectivity index (χ1) is 12.9. The number of carbonyl (C=O) groups is 1. The average molecular weight is 396 g/mol. The molecule has 0 amide bonds. The van der Waals surface area contributed by atoms with Crippen LogP contribution in [0.3, 0.4) is 0 Å². The molecule has 0 radical (unpaired) electrons. The highest BCUT2D eigenvalue weighted by atomic mass is 31.2. The Labute approximate surface area is 161 Å². The summed E-state index contributed by atoms with van der Waals surface area (Å²) in [6.45, 7) is 5.91. The van der Waals surface area contributed by atoms with Gasteiger partial charge in [-0.3, -0.25) is 18.4 Å². The zero-order valence-corrected chi connectivity index (χ0v) is 17.2. The lowest BCUT2D eigenvalue weighted by Crippen LogP contribution is -2.05. The first-order valence-corrected chi connectivity index (χ1v) is 10.4. The van der Waals surface area contributed by atoms with Gasteiger partial charge in [-0.15, -0.1) is 0 Å². The fourth-order valence-electron chi connectivity index (χ4n) is 1.93. The molecular formula is C20H29O6P. The number of phosphoric acid groups is 1. The van der Waals surface area contributed by atoms with Crippen molar-refractivity contribution in [2.75, 3.05) is 19.8 Å². The fourth-order valence-corrected chi connectivity index (χ4v) is 3.17. The van der Waals surface area contributed by atoms with Crippen LogP contribution in [0, 0.1) is 0 Å². The summed E-state index contributed by atoms with van der Waals surface area (Å²) in [5, 5.41) is 0. The Kier molecular flexibility index (Phi) is 11.6. The minimum absolute atomic E-state index is 0.128. The molecule has 0 spiro atoms. The standard InChI is InChI=1S/C20H29O6P/c1-4-5-11-18(2)16-25-27(22,24-15-10-9-14-23-19(3)21)26-17-20-12-7-6-8-13-20/h4-8,11-13H,9-10,14-17H2,1-3H3. The normalized spacial score (nSPS) is 14.3. The fraction of sp³-hybridized carbons (Fsp3) is 0.450. The highest BCUT2D eigenvalue weighted by Crippen LogP contribution is 2.50. The predicted molar refractivity (Wildman–Crippen MR) is 105 cm³/mol. The lowest BCUT2D eigenvalue weighted by molar-refractivity contribution is -0.141. The third kappa shape index (κ3) is 11.6. The molecule has 0 saturated heterocycles. The van der Waals surface area contributed by atoms with Crippen molar-refractivity contribution < 1.29 is 27.7 Å². The number of carbonyl (C=O) groups excluding carboxylic acids is 1. The summed E-state index contributed by atoms with van der Waals surface area (Å²) in [7, 11) is -3.71. The summed E-state index contributed by atoms with van der Waals surface area (Å²) in [6.07, 6.45) is 6.83. The Morgan fingerprint density at radius 3 is 2.41 bits per heavy atom. The van der Waals surface area contributed by atoms with Crippen molar-refractivity contribution >= 4 is 13.8 Å². The Morgan fingerprint density at radius 1 is 1.04 bits per heavy atom. The monoisotopic (exact) mass is 396 g/mol. The first kappa shape index (κ1) is 23.3. The molecule has 0 bridgehead atoms. The number of benzene rings is 1. The number of esters is 1. The van der Waals surface area contributed by atoms with Crippen LogP contribution < -0.4 is 0 Å². The van der Waals surface area contributed by atoms with Gasteiger partial charge >= 0.3 is 13.8 Å². The van der Waals surface area contributed by atoms with Crippen LogP contribution in [0.25, 0.3) is 0 Å². The van der Waals surface area contributed by atoms with Gasteiger partial charge in [-0.05, 0) is 37.8 Å². The summed E-state index contributed by atoms with van der Waals surface area (Å²) >= 11 is 0. The van der Waals surface area contributed by atoms with Crippen LogP contribution in [0.2, 0.25) is 0 Å². The van der Waals surface area contributed by atoms with Crippen molar-refractivity contribution in [3.05, 3.63) is 59.7 Å². The van der Waals surface area contributed by atoms with Gasteiger partial charge in [-0.2, -0.15) is 0 Å². The van der Waals surface area contributed by atoms with E-state index in [1.54, 1.807) is 0 Å². The molecular weight excluding hydrogens is 367 g/mol. The summed E-state index contributed by atoms with van der Waals surface area (Å²) < 4.78 is 34.2. The largest absolute Gasteiger partial charge is 0.475 e. The van der Waals surface area contributed by atoms with Crippen molar-refractivity contribution in [1.29, 1.82) is 0 Å². The minimum Gasteiger partial charge on any atom is -0.466 e. The van der Waals surface area contributed by atoms with Crippen molar-refractivity contribution in [3.8, 4) is 0 Å². The zero-order valence-electron chi connectivity index (χ0n) is 16.3. The number of hydrogen-bond acceptors (Lipinski definition) is 6. The molecule has 6 nitrogen and oxygen atoms in total. The van der Waals surface area contributed by atoms with Crippen LogP contribution in [0.1, 0.15) is 39.2 Å². The van der Waals surface area contributed by atoms with Crippen molar-refractivity contribution in [2.24, 2.45) is 0 Å². The van der Waals surface area contributed by atoms with E-state index >= 15 is 0 Å². The third-order valence-corrected chi connectivity index (χ3v) is 4.74. The lowest BCUT2D eigenvalue weighted by Gasteiger charge is -2.18. The maximum absolute atomic E-state index is 12.9. The van der Waals surface area contributed by atoms with Crippen LogP contribution in [0.4, 0.5) is 0 Å². The highest BCUT2D eigenvalue weighted by Gasteiger charge is 2.26. The molecule has 0 heterocycles. The van der Waals surface area contributed by atoms with Crippen LogP contribution in [0.15, 0.2) is 54.1 Å². The Balaban J connectivity index is 2.55. The predicted octanol–water partition coefficient (Wildman–Crippen LogP) is 5.21. The molecule has 1 atom stereocenters. The Morgan fingerprint density at radius 2 is 1.74 bits per heavy atom. The molecule has 1 rings (SSSR count). The van der Waals surface area contributed by atoms with Crippen LogP contribution in [-0.4, -0.2) is 25.8 Å². The van der Waals surface area contributed by atoms with E-state index in [0.29, 0.717) is 19.4 Å². The molecule has 0 aliphatic carbocycles. The van der Waals surface area contributed by atoms with E-state index in [4.69, 9.17) is 18.3 Å². The molecule has 0 N–H and O–H groups in total. The number of hydrogen-bond donors (Lipinski definition) is 0. The molecule has 7 heteroatoms. The van der Waals surface area contributed by atoms with Gasteiger partial charge in [0.15, 0.2) is 0 Å². The lowest BCUT2D eigenvalue weighted by atomic mass is 10.2. The van der Waals surface area contributed by atoms with Gasteiger partial charge in [-0.1, -0.05) is 48.6 Å². The zero-order chi connectivity index (χ0) is 20.0. The molecule has 0 aromatic heterocycles. The van der Waals surface area contributed by atoms with E-state index in [-0.39, 0.29) is 25.8 Å². The second kappa shape index (κ2) is 13.4. The second-order valence-electron chi connectivity index (χ2n) is 5.90. The SMILES string of the molecule is CC=CC=C(C)COP(=O)(OCCCCOC(C)=O)OCc1ccccc1.